The molecule has 1 saturated heterocycles. The molecule has 144 valence electrons. The van der Waals surface area contributed by atoms with E-state index in [1.54, 1.807) is 18.9 Å². The maximum absolute atomic E-state index is 6.24. The van der Waals surface area contributed by atoms with E-state index in [0.717, 1.165) is 27.4 Å². The fraction of sp³-hybridized carbons (Fsp3) is 0.400. The second-order valence-electron chi connectivity index (χ2n) is 7.52. The Kier molecular flexibility index (Phi) is 6.09. The predicted octanol–water partition coefficient (Wildman–Crippen LogP) is 5.59. The Balaban J connectivity index is 1.86. The summed E-state index contributed by atoms with van der Waals surface area (Å²) in [6.45, 7) is 8.22. The van der Waals surface area contributed by atoms with Crippen LogP contribution in [0.25, 0.3) is 0 Å². The summed E-state index contributed by atoms with van der Waals surface area (Å²) in [5.41, 5.74) is 1.35. The largest absolute Gasteiger partial charge is 0.497 e. The van der Waals surface area contributed by atoms with E-state index in [0.29, 0.717) is 10.0 Å². The minimum absolute atomic E-state index is 0.383. The molecule has 3 rings (SSSR count). The molecule has 2 aromatic carbocycles. The van der Waals surface area contributed by atoms with Crippen molar-refractivity contribution in [1.29, 1.82) is 0 Å². The van der Waals surface area contributed by atoms with Crippen LogP contribution in [0.1, 0.15) is 33.3 Å². The topological polar surface area (TPSA) is 27.7 Å². The van der Waals surface area contributed by atoms with Crippen molar-refractivity contribution in [3.63, 3.8) is 0 Å². The molecule has 27 heavy (non-hydrogen) atoms. The lowest BCUT2D eigenvalue weighted by molar-refractivity contribution is 0.00578. The highest BCUT2D eigenvalue weighted by Crippen LogP contribution is 2.37. The first kappa shape index (κ1) is 20.9. The Bertz CT molecular complexity index is 826. The zero-order valence-corrected chi connectivity index (χ0v) is 18.5. The van der Waals surface area contributed by atoms with Gasteiger partial charge in [0, 0.05) is 10.6 Å². The van der Waals surface area contributed by atoms with E-state index >= 15 is 0 Å². The summed E-state index contributed by atoms with van der Waals surface area (Å²) in [7, 11) is 1.25. The van der Waals surface area contributed by atoms with Gasteiger partial charge in [0.15, 0.2) is 0 Å². The van der Waals surface area contributed by atoms with Crippen LogP contribution in [0.15, 0.2) is 41.3 Å². The maximum atomic E-state index is 6.24. The van der Waals surface area contributed by atoms with E-state index in [9.17, 15) is 0 Å². The van der Waals surface area contributed by atoms with Crippen LogP contribution in [0.5, 0.6) is 5.75 Å². The molecule has 1 fully saturated rings. The molecule has 0 aliphatic carbocycles. The zero-order chi connectivity index (χ0) is 19.8. The van der Waals surface area contributed by atoms with Crippen LogP contribution in [0.4, 0.5) is 0 Å². The Morgan fingerprint density at radius 3 is 2.22 bits per heavy atom. The van der Waals surface area contributed by atoms with Gasteiger partial charge in [-0.1, -0.05) is 29.3 Å². The monoisotopic (exact) mass is 424 g/mol. The van der Waals surface area contributed by atoms with Gasteiger partial charge in [-0.2, -0.15) is 0 Å². The Morgan fingerprint density at radius 2 is 1.63 bits per heavy atom. The van der Waals surface area contributed by atoms with Crippen LogP contribution in [-0.2, 0) is 15.1 Å². The molecule has 0 aromatic heterocycles. The lowest BCUT2D eigenvalue weighted by Gasteiger charge is -2.32. The number of thioether (sulfide) groups is 1. The first-order chi connectivity index (χ1) is 12.6. The highest BCUT2D eigenvalue weighted by molar-refractivity contribution is 7.98. The van der Waals surface area contributed by atoms with Gasteiger partial charge >= 0.3 is 7.12 Å². The molecule has 1 aliphatic rings. The molecule has 0 atom stereocenters. The van der Waals surface area contributed by atoms with Gasteiger partial charge < -0.3 is 14.0 Å². The highest BCUT2D eigenvalue weighted by Gasteiger charge is 2.52. The van der Waals surface area contributed by atoms with E-state index in [1.165, 1.54) is 0 Å². The van der Waals surface area contributed by atoms with Gasteiger partial charge in [0.25, 0.3) is 0 Å². The van der Waals surface area contributed by atoms with E-state index in [-0.39, 0.29) is 11.2 Å². The lowest BCUT2D eigenvalue weighted by atomic mass is 9.76. The zero-order valence-electron chi connectivity index (χ0n) is 16.1. The molecule has 2 aromatic rings. The fourth-order valence-corrected chi connectivity index (χ4v) is 4.06. The molecule has 0 spiro atoms. The first-order valence-electron chi connectivity index (χ1n) is 8.73. The van der Waals surface area contributed by atoms with Crippen molar-refractivity contribution in [1.82, 2.24) is 0 Å². The molecule has 7 heteroatoms. The summed E-state index contributed by atoms with van der Waals surface area (Å²) in [5, 5.41) is 1.11. The molecule has 0 radical (unpaired) electrons. The van der Waals surface area contributed by atoms with Gasteiger partial charge in [-0.25, -0.2) is 0 Å². The molecule has 0 unspecified atom stereocenters. The van der Waals surface area contributed by atoms with Gasteiger partial charge in [0.1, 0.15) is 5.75 Å². The summed E-state index contributed by atoms with van der Waals surface area (Å²) in [5.74, 6) is 1.54. The lowest BCUT2D eigenvalue weighted by Crippen LogP contribution is -2.41. The van der Waals surface area contributed by atoms with Gasteiger partial charge in [-0.15, -0.1) is 11.8 Å². The Hall–Kier alpha value is -0.845. The number of ether oxygens (including phenoxy) is 1. The van der Waals surface area contributed by atoms with Crippen LogP contribution in [0.3, 0.4) is 0 Å². The third-order valence-electron chi connectivity index (χ3n) is 5.14. The van der Waals surface area contributed by atoms with E-state index in [4.69, 9.17) is 37.2 Å². The molecule has 0 amide bonds. The summed E-state index contributed by atoms with van der Waals surface area (Å²) in [6.07, 6.45) is 0. The van der Waals surface area contributed by atoms with Crippen molar-refractivity contribution in [2.45, 2.75) is 49.5 Å². The fourth-order valence-electron chi connectivity index (χ4n) is 2.76. The Labute approximate surface area is 175 Å². The second kappa shape index (κ2) is 7.88. The SMILES string of the molecule is COc1ccc(B2OC(C)(C)C(C)(C)O2)c(CSc2ccc(Cl)c(Cl)c2)c1. The first-order valence-corrected chi connectivity index (χ1v) is 10.5. The van der Waals surface area contributed by atoms with Gasteiger partial charge in [0.2, 0.25) is 0 Å². The number of hydrogen-bond donors (Lipinski definition) is 0. The van der Waals surface area contributed by atoms with E-state index in [1.807, 2.05) is 36.4 Å². The summed E-state index contributed by atoms with van der Waals surface area (Å²) in [6, 6.07) is 11.6. The van der Waals surface area contributed by atoms with Crippen molar-refractivity contribution < 1.29 is 14.0 Å². The quantitative estimate of drug-likeness (QED) is 0.461. The number of halogens is 2. The minimum Gasteiger partial charge on any atom is -0.497 e. The summed E-state index contributed by atoms with van der Waals surface area (Å²) in [4.78, 5) is 1.05. The van der Waals surface area contributed by atoms with E-state index in [2.05, 4.69) is 27.7 Å². The van der Waals surface area contributed by atoms with Crippen molar-refractivity contribution in [3.05, 3.63) is 52.0 Å². The molecule has 1 heterocycles. The van der Waals surface area contributed by atoms with Crippen molar-refractivity contribution >= 4 is 47.5 Å². The molecule has 0 saturated carbocycles. The maximum Gasteiger partial charge on any atom is 0.495 e. The third-order valence-corrected chi connectivity index (χ3v) is 6.92. The van der Waals surface area contributed by atoms with Gasteiger partial charge in [-0.05, 0) is 69.1 Å². The summed E-state index contributed by atoms with van der Waals surface area (Å²) < 4.78 is 17.9. The van der Waals surface area contributed by atoms with Crippen LogP contribution in [-0.4, -0.2) is 25.4 Å². The van der Waals surface area contributed by atoms with Crippen molar-refractivity contribution in [3.8, 4) is 5.75 Å². The minimum atomic E-state index is -0.412. The van der Waals surface area contributed by atoms with E-state index < -0.39 is 7.12 Å². The molecule has 0 bridgehead atoms. The number of benzene rings is 2. The van der Waals surface area contributed by atoms with Crippen LogP contribution in [0.2, 0.25) is 10.0 Å². The smallest absolute Gasteiger partial charge is 0.495 e. The number of rotatable bonds is 5. The number of hydrogen-bond acceptors (Lipinski definition) is 4. The third kappa shape index (κ3) is 4.43. The van der Waals surface area contributed by atoms with Crippen LogP contribution < -0.4 is 10.2 Å². The van der Waals surface area contributed by atoms with Crippen LogP contribution >= 0.6 is 35.0 Å². The molecule has 3 nitrogen and oxygen atoms in total. The van der Waals surface area contributed by atoms with Gasteiger partial charge in [-0.3, -0.25) is 0 Å². The second-order valence-corrected chi connectivity index (χ2v) is 9.38. The Morgan fingerprint density at radius 1 is 0.963 bits per heavy atom. The standard InChI is InChI=1S/C20H23BCl2O3S/c1-19(2)20(3,4)26-21(25-19)16-8-6-14(24-5)10-13(16)12-27-15-7-9-17(22)18(23)11-15/h6-11H,12H2,1-5H3. The highest BCUT2D eigenvalue weighted by atomic mass is 35.5. The van der Waals surface area contributed by atoms with Crippen LogP contribution in [0, 0.1) is 0 Å². The molecule has 1 aliphatic heterocycles. The normalized spacial score (nSPS) is 18.0. The molecular formula is C20H23BCl2O3S. The predicted molar refractivity (Wildman–Crippen MR) is 115 cm³/mol. The van der Waals surface area contributed by atoms with Gasteiger partial charge in [0.05, 0.1) is 28.4 Å². The summed E-state index contributed by atoms with van der Waals surface area (Å²) >= 11 is 13.8. The van der Waals surface area contributed by atoms with Crippen molar-refractivity contribution in [2.24, 2.45) is 0 Å². The number of methoxy groups -OCH3 is 1. The molecular weight excluding hydrogens is 402 g/mol. The van der Waals surface area contributed by atoms with Crippen molar-refractivity contribution in [2.75, 3.05) is 7.11 Å². The average molecular weight is 425 g/mol. The molecule has 0 N–H and O–H groups in total. The average Bonchev–Trinajstić information content (AvgIpc) is 2.83.